The van der Waals surface area contributed by atoms with Crippen molar-refractivity contribution in [2.45, 2.75) is 39.3 Å². The van der Waals surface area contributed by atoms with Gasteiger partial charge in [0, 0.05) is 52.3 Å². The van der Waals surface area contributed by atoms with Crippen LogP contribution in [0.4, 0.5) is 5.69 Å². The number of thiocarbonyl (C=S) groups is 1. The molecular formula is C34H32ClN5OS. The lowest BCUT2D eigenvalue weighted by Crippen LogP contribution is -2.33. The summed E-state index contributed by atoms with van der Waals surface area (Å²) in [6.07, 6.45) is 2.08. The van der Waals surface area contributed by atoms with E-state index in [0.717, 1.165) is 55.4 Å². The van der Waals surface area contributed by atoms with Crippen LogP contribution in [-0.2, 0) is 4.79 Å². The first-order valence-electron chi connectivity index (χ1n) is 14.0. The van der Waals surface area contributed by atoms with Crippen LogP contribution in [0.25, 0.3) is 16.5 Å². The summed E-state index contributed by atoms with van der Waals surface area (Å²) in [4.78, 5) is 20.1. The quantitative estimate of drug-likeness (QED) is 0.190. The number of benzene rings is 3. The van der Waals surface area contributed by atoms with E-state index in [0.29, 0.717) is 11.7 Å². The number of nitrogens with one attached hydrogen (secondary N) is 2. The maximum absolute atomic E-state index is 13.3. The monoisotopic (exact) mass is 593 g/mol. The summed E-state index contributed by atoms with van der Waals surface area (Å²) in [5.74, 6) is -0.0609. The average Bonchev–Trinajstić information content (AvgIpc) is 3.48. The fourth-order valence-electron chi connectivity index (χ4n) is 6.05. The fraction of sp³-hybridized carbons (Fsp3) is 0.206. The number of anilines is 1. The zero-order valence-corrected chi connectivity index (χ0v) is 25.3. The summed E-state index contributed by atoms with van der Waals surface area (Å²) < 4.78 is 2.25. The van der Waals surface area contributed by atoms with Crippen LogP contribution in [0.1, 0.15) is 46.7 Å². The predicted octanol–water partition coefficient (Wildman–Crippen LogP) is 7.61. The Balaban J connectivity index is 1.33. The lowest BCUT2D eigenvalue weighted by atomic mass is 9.96. The van der Waals surface area contributed by atoms with Crippen LogP contribution in [0, 0.1) is 20.8 Å². The molecule has 2 atom stereocenters. The van der Waals surface area contributed by atoms with Crippen molar-refractivity contribution in [3.63, 3.8) is 0 Å². The number of hydrogen-bond donors (Lipinski definition) is 2. The average molecular weight is 594 g/mol. The number of carbonyl (C=O) groups excluding carboxylic acids is 1. The Morgan fingerprint density at radius 1 is 1.00 bits per heavy atom. The Bertz CT molecular complexity index is 1800. The first-order valence-corrected chi connectivity index (χ1v) is 14.8. The molecule has 8 heteroatoms. The molecule has 0 unspecified atom stereocenters. The number of aryl methyl sites for hydroxylation is 1. The minimum absolute atomic E-state index is 0.0609. The first kappa shape index (κ1) is 27.9. The molecule has 0 aliphatic carbocycles. The van der Waals surface area contributed by atoms with Gasteiger partial charge in [-0.2, -0.15) is 0 Å². The lowest BCUT2D eigenvalue weighted by Gasteiger charge is -2.28. The third-order valence-electron chi connectivity index (χ3n) is 8.11. The normalized spacial score (nSPS) is 16.6. The van der Waals surface area contributed by atoms with Gasteiger partial charge < -0.3 is 20.1 Å². The van der Waals surface area contributed by atoms with Gasteiger partial charge in [0.2, 0.25) is 5.91 Å². The number of pyridine rings is 1. The molecule has 1 amide bonds. The molecule has 1 aliphatic rings. The number of halogens is 1. The predicted molar refractivity (Wildman–Crippen MR) is 174 cm³/mol. The van der Waals surface area contributed by atoms with Crippen molar-refractivity contribution in [2.75, 3.05) is 11.9 Å². The van der Waals surface area contributed by atoms with E-state index in [1.807, 2.05) is 79.7 Å². The van der Waals surface area contributed by atoms with Crippen molar-refractivity contribution in [2.24, 2.45) is 0 Å². The van der Waals surface area contributed by atoms with E-state index in [9.17, 15) is 4.79 Å². The molecule has 3 aromatic carbocycles. The molecule has 2 N–H and O–H groups in total. The highest BCUT2D eigenvalue weighted by molar-refractivity contribution is 7.80. The summed E-state index contributed by atoms with van der Waals surface area (Å²) in [5.41, 5.74) is 7.10. The van der Waals surface area contributed by atoms with E-state index in [2.05, 4.69) is 51.1 Å². The second-order valence-electron chi connectivity index (χ2n) is 10.7. The number of nitrogens with zero attached hydrogens (tertiary/aromatic N) is 3. The maximum atomic E-state index is 13.3. The number of fused-ring (bicyclic) bond motifs is 1. The zero-order chi connectivity index (χ0) is 29.4. The maximum Gasteiger partial charge on any atom is 0.226 e. The highest BCUT2D eigenvalue weighted by Gasteiger charge is 2.41. The van der Waals surface area contributed by atoms with Crippen molar-refractivity contribution in [1.29, 1.82) is 0 Å². The van der Waals surface area contributed by atoms with E-state index in [1.54, 1.807) is 6.20 Å². The fourth-order valence-corrected chi connectivity index (χ4v) is 6.55. The topological polar surface area (TPSA) is 62.2 Å². The summed E-state index contributed by atoms with van der Waals surface area (Å²) in [7, 11) is 0. The number of rotatable bonds is 7. The number of amides is 1. The summed E-state index contributed by atoms with van der Waals surface area (Å²) in [6, 6.07) is 27.8. The van der Waals surface area contributed by atoms with E-state index >= 15 is 0 Å². The third-order valence-corrected chi connectivity index (χ3v) is 8.87. The Hall–Kier alpha value is -4.20. The highest BCUT2D eigenvalue weighted by atomic mass is 35.5. The first-order chi connectivity index (χ1) is 20.3. The third kappa shape index (κ3) is 5.14. The molecule has 0 spiro atoms. The van der Waals surface area contributed by atoms with Crippen LogP contribution < -0.4 is 10.6 Å². The molecule has 2 aromatic heterocycles. The Kier molecular flexibility index (Phi) is 7.71. The van der Waals surface area contributed by atoms with Crippen LogP contribution in [0.15, 0.2) is 91.1 Å². The van der Waals surface area contributed by atoms with Crippen LogP contribution >= 0.6 is 23.8 Å². The van der Waals surface area contributed by atoms with Gasteiger partial charge >= 0.3 is 0 Å². The summed E-state index contributed by atoms with van der Waals surface area (Å²) in [5, 5.41) is 10.1. The molecule has 5 aromatic rings. The highest BCUT2D eigenvalue weighted by Crippen LogP contribution is 2.42. The molecule has 1 fully saturated rings. The number of aromatic nitrogens is 2. The SMILES string of the molecule is Cc1c(Cl)cccc1-n1c(C)cc([C@@H]2[C@H](c3ccccn3)NC(=S)N2CCC(=O)Nc2cccc3ccccc23)c1C. The Morgan fingerprint density at radius 2 is 1.76 bits per heavy atom. The molecule has 3 heterocycles. The van der Waals surface area contributed by atoms with Crippen molar-refractivity contribution in [1.82, 2.24) is 19.8 Å². The Labute approximate surface area is 256 Å². The van der Waals surface area contributed by atoms with Crippen molar-refractivity contribution >= 4 is 51.3 Å². The van der Waals surface area contributed by atoms with Gasteiger partial charge in [-0.15, -0.1) is 0 Å². The van der Waals surface area contributed by atoms with Crippen LogP contribution in [0.5, 0.6) is 0 Å². The minimum Gasteiger partial charge on any atom is -0.352 e. The van der Waals surface area contributed by atoms with E-state index in [4.69, 9.17) is 23.8 Å². The molecular weight excluding hydrogens is 562 g/mol. The van der Waals surface area contributed by atoms with Crippen LogP contribution in [0.3, 0.4) is 0 Å². The second kappa shape index (κ2) is 11.6. The standard InChI is InChI=1S/C34H32ClN5OS/c1-21-20-26(23(3)40(21)30-16-9-13-27(35)22(30)2)33-32(29-14-6-7-18-36-29)38-34(42)39(33)19-17-31(41)37-28-15-8-11-24-10-4-5-12-25(24)28/h4-16,18,20,32-33H,17,19H2,1-3H3,(H,37,41)(H,38,42)/t32-,33+/m0/s1. The molecule has 1 aliphatic heterocycles. The largest absolute Gasteiger partial charge is 0.352 e. The molecule has 1 saturated heterocycles. The van der Waals surface area contributed by atoms with Gasteiger partial charge in [0.15, 0.2) is 5.11 Å². The molecule has 212 valence electrons. The van der Waals surface area contributed by atoms with Gasteiger partial charge in [-0.1, -0.05) is 60.1 Å². The molecule has 0 bridgehead atoms. The van der Waals surface area contributed by atoms with Crippen LogP contribution in [0.2, 0.25) is 5.02 Å². The van der Waals surface area contributed by atoms with E-state index in [-0.39, 0.29) is 24.4 Å². The zero-order valence-electron chi connectivity index (χ0n) is 23.8. The molecule has 0 saturated carbocycles. The summed E-state index contributed by atoms with van der Waals surface area (Å²) >= 11 is 12.4. The summed E-state index contributed by atoms with van der Waals surface area (Å²) in [6.45, 7) is 6.73. The molecule has 6 rings (SSSR count). The van der Waals surface area contributed by atoms with Gasteiger partial charge in [-0.05, 0) is 85.9 Å². The minimum atomic E-state index is -0.172. The number of hydrogen-bond acceptors (Lipinski definition) is 3. The van der Waals surface area contributed by atoms with Gasteiger partial charge in [0.25, 0.3) is 0 Å². The van der Waals surface area contributed by atoms with Crippen molar-refractivity contribution in [3.8, 4) is 5.69 Å². The smallest absolute Gasteiger partial charge is 0.226 e. The van der Waals surface area contributed by atoms with Crippen molar-refractivity contribution < 1.29 is 4.79 Å². The van der Waals surface area contributed by atoms with Crippen molar-refractivity contribution in [3.05, 3.63) is 124 Å². The van der Waals surface area contributed by atoms with Gasteiger partial charge in [0.05, 0.1) is 17.8 Å². The number of carbonyl (C=O) groups is 1. The van der Waals surface area contributed by atoms with Gasteiger partial charge in [0.1, 0.15) is 0 Å². The molecule has 42 heavy (non-hydrogen) atoms. The second-order valence-corrected chi connectivity index (χ2v) is 11.5. The van der Waals surface area contributed by atoms with Gasteiger partial charge in [-0.25, -0.2) is 0 Å². The lowest BCUT2D eigenvalue weighted by molar-refractivity contribution is -0.116. The molecule has 6 nitrogen and oxygen atoms in total. The van der Waals surface area contributed by atoms with E-state index < -0.39 is 0 Å². The Morgan fingerprint density at radius 3 is 2.57 bits per heavy atom. The van der Waals surface area contributed by atoms with Crippen LogP contribution in [-0.4, -0.2) is 32.0 Å². The van der Waals surface area contributed by atoms with E-state index in [1.165, 1.54) is 0 Å². The van der Waals surface area contributed by atoms with Gasteiger partial charge in [-0.3, -0.25) is 9.78 Å². The molecule has 0 radical (unpaired) electrons.